The van der Waals surface area contributed by atoms with E-state index < -0.39 is 0 Å². The molecule has 6 aromatic rings. The molecule has 2 heteroatoms. The van der Waals surface area contributed by atoms with Gasteiger partial charge in [-0.2, -0.15) is 0 Å². The Hall–Kier alpha value is -5.60. The molecule has 0 radical (unpaired) electrons. The Morgan fingerprint density at radius 2 is 1.19 bits per heavy atom. The Bertz CT molecular complexity index is 2210. The van der Waals surface area contributed by atoms with Crippen LogP contribution in [0.15, 0.2) is 157 Å². The Balaban J connectivity index is 1.19. The number of nitrogens with zero attached hydrogens (tertiary/aromatic N) is 2. The van der Waals surface area contributed by atoms with Crippen LogP contribution in [0.3, 0.4) is 0 Å². The van der Waals surface area contributed by atoms with E-state index in [1.54, 1.807) is 0 Å². The largest absolute Gasteiger partial charge is 0.314 e. The van der Waals surface area contributed by atoms with Gasteiger partial charge < -0.3 is 9.80 Å². The highest BCUT2D eigenvalue weighted by Gasteiger charge is 2.22. The minimum atomic E-state index is 1.03. The zero-order valence-electron chi connectivity index (χ0n) is 27.7. The van der Waals surface area contributed by atoms with Crippen molar-refractivity contribution in [3.63, 3.8) is 0 Å². The summed E-state index contributed by atoms with van der Waals surface area (Å²) in [5.74, 6) is 0. The van der Waals surface area contributed by atoms with Crippen molar-refractivity contribution in [2.45, 2.75) is 39.5 Å². The number of hydrogen-bond donors (Lipinski definition) is 0. The Morgan fingerprint density at radius 3 is 1.94 bits per heavy atom. The molecule has 0 atom stereocenters. The van der Waals surface area contributed by atoms with Crippen LogP contribution in [0.4, 0.5) is 28.4 Å². The van der Waals surface area contributed by atoms with E-state index in [4.69, 9.17) is 0 Å². The van der Waals surface area contributed by atoms with Gasteiger partial charge >= 0.3 is 0 Å². The molecule has 0 N–H and O–H groups in total. The van der Waals surface area contributed by atoms with E-state index in [0.717, 1.165) is 37.1 Å². The molecule has 0 saturated carbocycles. The molecule has 0 spiro atoms. The molecular formula is C46H40N2. The van der Waals surface area contributed by atoms with Crippen molar-refractivity contribution in [2.24, 2.45) is 0 Å². The number of benzene rings is 6. The lowest BCUT2D eigenvalue weighted by molar-refractivity contribution is 0.912. The van der Waals surface area contributed by atoms with E-state index in [0.29, 0.717) is 0 Å². The maximum Gasteiger partial charge on any atom is 0.0540 e. The van der Waals surface area contributed by atoms with Crippen molar-refractivity contribution in [3.05, 3.63) is 180 Å². The highest BCUT2D eigenvalue weighted by molar-refractivity contribution is 5.99. The lowest BCUT2D eigenvalue weighted by atomic mass is 9.93. The number of anilines is 5. The van der Waals surface area contributed by atoms with Crippen molar-refractivity contribution < 1.29 is 0 Å². The number of para-hydroxylation sites is 1. The molecule has 0 unspecified atom stereocenters. The summed E-state index contributed by atoms with van der Waals surface area (Å²) in [5, 5.41) is 2.47. The number of fused-ring (bicyclic) bond motifs is 2. The van der Waals surface area contributed by atoms with Crippen molar-refractivity contribution in [3.8, 4) is 11.1 Å². The molecule has 0 amide bonds. The topological polar surface area (TPSA) is 6.48 Å². The highest BCUT2D eigenvalue weighted by atomic mass is 15.2. The van der Waals surface area contributed by atoms with Crippen molar-refractivity contribution >= 4 is 45.3 Å². The molecule has 234 valence electrons. The third kappa shape index (κ3) is 5.54. The van der Waals surface area contributed by atoms with E-state index in [2.05, 4.69) is 181 Å². The van der Waals surface area contributed by atoms with Crippen LogP contribution in [0.2, 0.25) is 0 Å². The molecular weight excluding hydrogens is 581 g/mol. The van der Waals surface area contributed by atoms with Gasteiger partial charge in [0.15, 0.2) is 0 Å². The fraction of sp³-hybridized carbons (Fsp3) is 0.130. The first-order valence-electron chi connectivity index (χ1n) is 17.1. The van der Waals surface area contributed by atoms with Crippen LogP contribution in [0, 0.1) is 13.8 Å². The summed E-state index contributed by atoms with van der Waals surface area (Å²) in [6.45, 7) is 4.50. The molecule has 2 nitrogen and oxygen atoms in total. The van der Waals surface area contributed by atoms with Crippen LogP contribution in [0.5, 0.6) is 0 Å². The second-order valence-corrected chi connectivity index (χ2v) is 12.9. The minimum absolute atomic E-state index is 1.03. The Kier molecular flexibility index (Phi) is 8.00. The van der Waals surface area contributed by atoms with Gasteiger partial charge in [0.2, 0.25) is 0 Å². The number of hydrogen-bond acceptors (Lipinski definition) is 2. The minimum Gasteiger partial charge on any atom is -0.314 e. The lowest BCUT2D eigenvalue weighted by Crippen LogP contribution is -2.19. The van der Waals surface area contributed by atoms with Crippen LogP contribution < -0.4 is 9.80 Å². The number of allylic oxidation sites excluding steroid dienone is 5. The average molecular weight is 621 g/mol. The maximum atomic E-state index is 2.49. The summed E-state index contributed by atoms with van der Waals surface area (Å²) < 4.78 is 0. The fourth-order valence-corrected chi connectivity index (χ4v) is 7.47. The molecule has 0 saturated heterocycles. The first kappa shape index (κ1) is 29.8. The molecule has 48 heavy (non-hydrogen) atoms. The van der Waals surface area contributed by atoms with Crippen LogP contribution in [-0.2, 0) is 6.42 Å². The number of aryl methyl sites for hydroxylation is 3. The molecule has 0 aromatic heterocycles. The normalized spacial score (nSPS) is 13.7. The van der Waals surface area contributed by atoms with Gasteiger partial charge in [-0.1, -0.05) is 103 Å². The molecule has 2 aliphatic carbocycles. The average Bonchev–Trinajstić information content (AvgIpc) is 3.13. The van der Waals surface area contributed by atoms with Crippen LogP contribution in [-0.4, -0.2) is 0 Å². The van der Waals surface area contributed by atoms with Gasteiger partial charge in [0.05, 0.1) is 11.4 Å². The van der Waals surface area contributed by atoms with Gasteiger partial charge in [-0.05, 0) is 127 Å². The first-order chi connectivity index (χ1) is 23.7. The van der Waals surface area contributed by atoms with Crippen molar-refractivity contribution in [1.29, 1.82) is 0 Å². The van der Waals surface area contributed by atoms with Gasteiger partial charge in [0, 0.05) is 33.7 Å². The number of rotatable bonds is 7. The standard InChI is InChI=1S/C46H40N2/c1-33-31-39(47(37-19-5-3-6-20-37)45-25-13-17-35-15-9-11-23-43(35)45)27-29-41(33)42-30-28-40(32-34(42)2)48(38-21-7-4-8-22-38)46-26-14-18-36-16-10-12-24-44(36)46/h3-7,9,11-15,17-21,23-32H,8,10,16,22H2,1-2H3. The SMILES string of the molecule is Cc1cc(N(C2=CC=CCC2)c2cccc3c2C=CCC3)ccc1-c1ccc(N(c2ccccc2)c2cccc3ccccc23)cc1C. The first-order valence-corrected chi connectivity index (χ1v) is 17.1. The lowest BCUT2D eigenvalue weighted by Gasteiger charge is -2.32. The van der Waals surface area contributed by atoms with Gasteiger partial charge in [-0.25, -0.2) is 0 Å². The van der Waals surface area contributed by atoms with Crippen LogP contribution in [0.25, 0.3) is 28.0 Å². The monoisotopic (exact) mass is 620 g/mol. The molecule has 0 fully saturated rings. The van der Waals surface area contributed by atoms with Crippen molar-refractivity contribution in [1.82, 2.24) is 0 Å². The zero-order chi connectivity index (χ0) is 32.5. The summed E-state index contributed by atoms with van der Waals surface area (Å²) >= 11 is 0. The summed E-state index contributed by atoms with van der Waals surface area (Å²) in [6, 6.07) is 46.6. The van der Waals surface area contributed by atoms with E-state index in [1.807, 2.05) is 0 Å². The van der Waals surface area contributed by atoms with E-state index in [-0.39, 0.29) is 0 Å². The smallest absolute Gasteiger partial charge is 0.0540 e. The third-order valence-corrected chi connectivity index (χ3v) is 9.81. The Labute approximate surface area is 284 Å². The molecule has 0 aliphatic heterocycles. The van der Waals surface area contributed by atoms with Gasteiger partial charge in [0.25, 0.3) is 0 Å². The third-order valence-electron chi connectivity index (χ3n) is 9.81. The quantitative estimate of drug-likeness (QED) is 0.175. The predicted molar refractivity (Wildman–Crippen MR) is 206 cm³/mol. The molecule has 0 heterocycles. The summed E-state index contributed by atoms with van der Waals surface area (Å²) in [4.78, 5) is 4.88. The summed E-state index contributed by atoms with van der Waals surface area (Å²) in [5.41, 5.74) is 15.1. The second kappa shape index (κ2) is 12.9. The fourth-order valence-electron chi connectivity index (χ4n) is 7.47. The van der Waals surface area contributed by atoms with Gasteiger partial charge in [0.1, 0.15) is 0 Å². The summed E-state index contributed by atoms with van der Waals surface area (Å²) in [6.07, 6.45) is 15.7. The van der Waals surface area contributed by atoms with Gasteiger partial charge in [-0.15, -0.1) is 0 Å². The predicted octanol–water partition coefficient (Wildman–Crippen LogP) is 12.9. The van der Waals surface area contributed by atoms with E-state index >= 15 is 0 Å². The maximum absolute atomic E-state index is 2.49. The van der Waals surface area contributed by atoms with Crippen molar-refractivity contribution in [2.75, 3.05) is 9.80 Å². The zero-order valence-corrected chi connectivity index (χ0v) is 27.7. The molecule has 0 bridgehead atoms. The van der Waals surface area contributed by atoms with Gasteiger partial charge in [-0.3, -0.25) is 0 Å². The second-order valence-electron chi connectivity index (χ2n) is 12.9. The van der Waals surface area contributed by atoms with Crippen LogP contribution in [0.1, 0.15) is 41.5 Å². The molecule has 8 rings (SSSR count). The molecule has 6 aromatic carbocycles. The summed E-state index contributed by atoms with van der Waals surface area (Å²) in [7, 11) is 0. The molecule has 2 aliphatic rings. The van der Waals surface area contributed by atoms with E-state index in [1.165, 1.54) is 66.9 Å². The van der Waals surface area contributed by atoms with E-state index in [9.17, 15) is 0 Å². The highest BCUT2D eigenvalue weighted by Crippen LogP contribution is 2.43. The van der Waals surface area contributed by atoms with Crippen LogP contribution >= 0.6 is 0 Å². The Morgan fingerprint density at radius 1 is 0.521 bits per heavy atom.